The van der Waals surface area contributed by atoms with E-state index in [9.17, 15) is 0 Å². The van der Waals surface area contributed by atoms with Crippen molar-refractivity contribution in [3.63, 3.8) is 0 Å². The van der Waals surface area contributed by atoms with Crippen LogP contribution in [0, 0.1) is 0 Å². The Kier molecular flexibility index (Phi) is 15.8. The van der Waals surface area contributed by atoms with Gasteiger partial charge in [-0.1, -0.05) is 52.4 Å². The van der Waals surface area contributed by atoms with Gasteiger partial charge in [-0.3, -0.25) is 4.55 Å². The molecular formula is C16H37NO4S. The van der Waals surface area contributed by atoms with E-state index in [0.29, 0.717) is 0 Å². The van der Waals surface area contributed by atoms with Gasteiger partial charge in [0.15, 0.2) is 0 Å². The first-order valence-corrected chi connectivity index (χ1v) is 9.99. The number of quaternary nitrogens is 1. The molecule has 0 amide bonds. The average molecular weight is 340 g/mol. The lowest BCUT2D eigenvalue weighted by Crippen LogP contribution is -2.41. The van der Waals surface area contributed by atoms with Gasteiger partial charge in [0.05, 0.1) is 27.2 Å². The maximum atomic E-state index is 8.63. The van der Waals surface area contributed by atoms with Gasteiger partial charge in [-0.05, 0) is 25.7 Å². The zero-order valence-corrected chi connectivity index (χ0v) is 15.8. The Morgan fingerprint density at radius 1 is 0.773 bits per heavy atom. The Balaban J connectivity index is 0. The van der Waals surface area contributed by atoms with Crippen LogP contribution in [0.15, 0.2) is 0 Å². The van der Waals surface area contributed by atoms with Crippen molar-refractivity contribution >= 4 is 10.4 Å². The highest BCUT2D eigenvalue weighted by atomic mass is 32.3. The van der Waals surface area contributed by atoms with Crippen LogP contribution in [0.5, 0.6) is 0 Å². The molecule has 0 unspecified atom stereocenters. The second-order valence-corrected chi connectivity index (χ2v) is 7.49. The fourth-order valence-electron chi connectivity index (χ4n) is 2.40. The van der Waals surface area contributed by atoms with E-state index in [-0.39, 0.29) is 0 Å². The maximum absolute atomic E-state index is 8.63. The smallest absolute Gasteiger partial charge is 0.215 e. The summed E-state index contributed by atoms with van der Waals surface area (Å²) in [5.41, 5.74) is 0. The molecule has 0 atom stereocenters. The Labute approximate surface area is 138 Å². The first kappa shape index (κ1) is 24.1. The van der Waals surface area contributed by atoms with E-state index in [2.05, 4.69) is 27.9 Å². The van der Waals surface area contributed by atoms with E-state index in [1.165, 1.54) is 81.8 Å². The van der Waals surface area contributed by atoms with Crippen molar-refractivity contribution in [2.24, 2.45) is 0 Å². The van der Waals surface area contributed by atoms with Crippen LogP contribution >= 0.6 is 0 Å². The Hall–Kier alpha value is -0.170. The summed E-state index contributed by atoms with van der Waals surface area (Å²) < 4.78 is 34.1. The van der Waals surface area contributed by atoms with Crippen molar-refractivity contribution in [2.45, 2.75) is 78.1 Å². The second kappa shape index (κ2) is 14.4. The lowest BCUT2D eigenvalue weighted by atomic mass is 10.1. The molecule has 0 aliphatic rings. The van der Waals surface area contributed by atoms with E-state index in [0.717, 1.165) is 0 Å². The summed E-state index contributed by atoms with van der Waals surface area (Å²) in [6.07, 6.45) is 14.1. The topological polar surface area (TPSA) is 77.4 Å². The third-order valence-corrected chi connectivity index (χ3v) is 3.73. The number of hydrogen-bond acceptors (Lipinski definition) is 3. The predicted molar refractivity (Wildman–Crippen MR) is 91.7 cm³/mol. The zero-order valence-electron chi connectivity index (χ0n) is 15.0. The third kappa shape index (κ3) is 28.1. The highest BCUT2D eigenvalue weighted by molar-refractivity contribution is 7.79. The van der Waals surface area contributed by atoms with Gasteiger partial charge in [0.25, 0.3) is 0 Å². The minimum absolute atomic E-state index is 1.23. The minimum Gasteiger partial charge on any atom is -0.726 e. The lowest BCUT2D eigenvalue weighted by molar-refractivity contribution is -0.890. The molecule has 0 heterocycles. The zero-order chi connectivity index (χ0) is 17.5. The van der Waals surface area contributed by atoms with Crippen molar-refractivity contribution in [2.75, 3.05) is 27.2 Å². The number of nitrogens with zero attached hydrogens (tertiary/aromatic N) is 1. The molecule has 0 saturated heterocycles. The van der Waals surface area contributed by atoms with Crippen molar-refractivity contribution in [1.82, 2.24) is 0 Å². The van der Waals surface area contributed by atoms with E-state index in [4.69, 9.17) is 17.5 Å². The standard InChI is InChI=1S/C16H36N.H2O4S/c1-5-7-9-11-12-14-16-17(3,4)15-13-10-8-6-2;1-5(2,3)4/h5-16H2,1-4H3;(H2,1,2,3,4)/q+1;/p-1. The van der Waals surface area contributed by atoms with Crippen LogP contribution in [0.4, 0.5) is 0 Å². The molecule has 0 fully saturated rings. The average Bonchev–Trinajstić information content (AvgIpc) is 2.37. The first-order valence-electron chi connectivity index (χ1n) is 8.62. The summed E-state index contributed by atoms with van der Waals surface area (Å²) in [5.74, 6) is 0. The quantitative estimate of drug-likeness (QED) is 0.252. The van der Waals surface area contributed by atoms with Crippen LogP contribution in [0.2, 0.25) is 0 Å². The summed E-state index contributed by atoms with van der Waals surface area (Å²) in [6, 6.07) is 0. The van der Waals surface area contributed by atoms with Gasteiger partial charge in [0.1, 0.15) is 0 Å². The highest BCUT2D eigenvalue weighted by Crippen LogP contribution is 2.10. The molecule has 0 radical (unpaired) electrons. The molecule has 0 aromatic heterocycles. The summed E-state index contributed by atoms with van der Waals surface area (Å²) in [6.45, 7) is 7.32. The third-order valence-electron chi connectivity index (χ3n) is 3.73. The molecule has 0 spiro atoms. The SMILES string of the molecule is CCCCCCCC[N+](C)(C)CCCCCC.O=S(=O)([O-])O. The maximum Gasteiger partial charge on any atom is 0.215 e. The van der Waals surface area contributed by atoms with E-state index in [1.807, 2.05) is 0 Å². The molecule has 0 aromatic rings. The van der Waals surface area contributed by atoms with Crippen LogP contribution in [0.25, 0.3) is 0 Å². The Morgan fingerprint density at radius 2 is 1.05 bits per heavy atom. The van der Waals surface area contributed by atoms with Gasteiger partial charge in [0, 0.05) is 0 Å². The van der Waals surface area contributed by atoms with Crippen LogP contribution in [-0.2, 0) is 10.4 Å². The van der Waals surface area contributed by atoms with Gasteiger partial charge in [-0.15, -0.1) is 0 Å². The molecule has 0 rings (SSSR count). The fraction of sp³-hybridized carbons (Fsp3) is 1.00. The van der Waals surface area contributed by atoms with Crippen molar-refractivity contribution in [1.29, 1.82) is 0 Å². The van der Waals surface area contributed by atoms with Crippen molar-refractivity contribution < 1.29 is 22.0 Å². The number of rotatable bonds is 12. The molecular weight excluding hydrogens is 302 g/mol. The molecule has 0 saturated carbocycles. The summed E-state index contributed by atoms with van der Waals surface area (Å²) in [5, 5.41) is 0. The van der Waals surface area contributed by atoms with Gasteiger partial charge in [-0.25, -0.2) is 8.42 Å². The normalized spacial score (nSPS) is 11.9. The monoisotopic (exact) mass is 339 g/mol. The van der Waals surface area contributed by atoms with Crippen LogP contribution in [-0.4, -0.2) is 49.2 Å². The minimum atomic E-state index is -4.92. The Bertz CT molecular complexity index is 321. The lowest BCUT2D eigenvalue weighted by Gasteiger charge is -2.30. The fourth-order valence-corrected chi connectivity index (χ4v) is 2.40. The van der Waals surface area contributed by atoms with E-state index < -0.39 is 10.4 Å². The van der Waals surface area contributed by atoms with Crippen LogP contribution < -0.4 is 0 Å². The molecule has 0 bridgehead atoms. The predicted octanol–water partition coefficient (Wildman–Crippen LogP) is 4.01. The molecule has 0 aromatic carbocycles. The van der Waals surface area contributed by atoms with Crippen LogP contribution in [0.3, 0.4) is 0 Å². The molecule has 1 N–H and O–H groups in total. The van der Waals surface area contributed by atoms with Crippen molar-refractivity contribution in [3.8, 4) is 0 Å². The summed E-state index contributed by atoms with van der Waals surface area (Å²) >= 11 is 0. The van der Waals surface area contributed by atoms with Gasteiger partial charge < -0.3 is 9.04 Å². The molecule has 0 aliphatic heterocycles. The number of unbranched alkanes of at least 4 members (excludes halogenated alkanes) is 8. The molecule has 22 heavy (non-hydrogen) atoms. The Morgan fingerprint density at radius 3 is 1.41 bits per heavy atom. The summed E-state index contributed by atoms with van der Waals surface area (Å²) in [4.78, 5) is 0. The van der Waals surface area contributed by atoms with E-state index >= 15 is 0 Å². The van der Waals surface area contributed by atoms with Gasteiger partial charge in [-0.2, -0.15) is 0 Å². The molecule has 136 valence electrons. The molecule has 6 heteroatoms. The summed E-state index contributed by atoms with van der Waals surface area (Å²) in [7, 11) is -0.115. The second-order valence-electron chi connectivity index (χ2n) is 6.64. The van der Waals surface area contributed by atoms with Crippen molar-refractivity contribution in [3.05, 3.63) is 0 Å². The van der Waals surface area contributed by atoms with Gasteiger partial charge in [0.2, 0.25) is 10.4 Å². The highest BCUT2D eigenvalue weighted by Gasteiger charge is 2.13. The van der Waals surface area contributed by atoms with Gasteiger partial charge >= 0.3 is 0 Å². The molecule has 0 aliphatic carbocycles. The first-order chi connectivity index (χ1) is 10.1. The number of hydrogen-bond donors (Lipinski definition) is 1. The largest absolute Gasteiger partial charge is 0.726 e. The van der Waals surface area contributed by atoms with Crippen LogP contribution in [0.1, 0.15) is 78.1 Å². The molecule has 5 nitrogen and oxygen atoms in total. The van der Waals surface area contributed by atoms with E-state index in [1.54, 1.807) is 0 Å².